The van der Waals surface area contributed by atoms with Gasteiger partial charge in [-0.15, -0.1) is 0 Å². The summed E-state index contributed by atoms with van der Waals surface area (Å²) in [6.07, 6.45) is 0.897. The minimum atomic E-state index is -0.623. The molecule has 0 bridgehead atoms. The lowest BCUT2D eigenvalue weighted by Crippen LogP contribution is -2.08. The number of hydrogen-bond donors (Lipinski definition) is 0. The number of carbonyl (C=O) groups excluding carboxylic acids is 1. The van der Waals surface area contributed by atoms with Crippen LogP contribution in [0.4, 0.5) is 4.39 Å². The van der Waals surface area contributed by atoms with Crippen LogP contribution < -0.4 is 0 Å². The standard InChI is InChI=1S/C9H7FN2O2/c1-14-9(13)4-6-7(10)2-3-12-8(6)5-11/h2-3H,4H2,1H3. The molecule has 0 aliphatic carbocycles. The summed E-state index contributed by atoms with van der Waals surface area (Å²) in [6.45, 7) is 0. The summed E-state index contributed by atoms with van der Waals surface area (Å²) in [5.41, 5.74) is -0.114. The molecule has 0 unspecified atom stereocenters. The summed E-state index contributed by atoms with van der Waals surface area (Å²) in [4.78, 5) is 14.5. The highest BCUT2D eigenvalue weighted by Gasteiger charge is 2.13. The molecule has 0 N–H and O–H groups in total. The second-order valence-corrected chi connectivity index (χ2v) is 2.48. The highest BCUT2D eigenvalue weighted by Crippen LogP contribution is 2.11. The van der Waals surface area contributed by atoms with Gasteiger partial charge in [-0.2, -0.15) is 5.26 Å². The number of pyridine rings is 1. The Kier molecular flexibility index (Phi) is 3.13. The van der Waals surface area contributed by atoms with E-state index in [1.165, 1.54) is 13.3 Å². The maximum Gasteiger partial charge on any atom is 0.310 e. The zero-order chi connectivity index (χ0) is 10.6. The van der Waals surface area contributed by atoms with E-state index in [1.807, 2.05) is 0 Å². The van der Waals surface area contributed by atoms with Crippen molar-refractivity contribution in [3.05, 3.63) is 29.3 Å². The fourth-order valence-electron chi connectivity index (χ4n) is 0.950. The largest absolute Gasteiger partial charge is 0.469 e. The Hall–Kier alpha value is -1.96. The van der Waals surface area contributed by atoms with E-state index in [0.29, 0.717) is 0 Å². The van der Waals surface area contributed by atoms with Gasteiger partial charge in [-0.05, 0) is 6.07 Å². The molecule has 1 aromatic rings. The fraction of sp³-hybridized carbons (Fsp3) is 0.222. The normalized spacial score (nSPS) is 9.21. The molecule has 72 valence electrons. The van der Waals surface area contributed by atoms with Crippen molar-refractivity contribution in [1.29, 1.82) is 5.26 Å². The van der Waals surface area contributed by atoms with Gasteiger partial charge in [0.25, 0.3) is 0 Å². The second-order valence-electron chi connectivity index (χ2n) is 2.48. The van der Waals surface area contributed by atoms with E-state index in [0.717, 1.165) is 6.07 Å². The average Bonchev–Trinajstić information content (AvgIpc) is 2.20. The first-order valence-electron chi connectivity index (χ1n) is 3.79. The van der Waals surface area contributed by atoms with E-state index in [-0.39, 0.29) is 17.7 Å². The van der Waals surface area contributed by atoms with Gasteiger partial charge < -0.3 is 4.74 Å². The van der Waals surface area contributed by atoms with Crippen molar-refractivity contribution in [3.8, 4) is 6.07 Å². The number of esters is 1. The molecule has 0 saturated heterocycles. The fourth-order valence-corrected chi connectivity index (χ4v) is 0.950. The molecule has 0 aliphatic rings. The zero-order valence-electron chi connectivity index (χ0n) is 7.45. The van der Waals surface area contributed by atoms with Gasteiger partial charge in [0.05, 0.1) is 13.5 Å². The number of hydrogen-bond acceptors (Lipinski definition) is 4. The van der Waals surface area contributed by atoms with Crippen LogP contribution in [0.25, 0.3) is 0 Å². The molecule has 0 spiro atoms. The van der Waals surface area contributed by atoms with Crippen LogP contribution >= 0.6 is 0 Å². The lowest BCUT2D eigenvalue weighted by molar-refractivity contribution is -0.139. The van der Waals surface area contributed by atoms with E-state index in [9.17, 15) is 9.18 Å². The van der Waals surface area contributed by atoms with Gasteiger partial charge in [0.2, 0.25) is 0 Å². The van der Waals surface area contributed by atoms with Crippen molar-refractivity contribution in [2.75, 3.05) is 7.11 Å². The highest BCUT2D eigenvalue weighted by atomic mass is 19.1. The number of halogens is 1. The van der Waals surface area contributed by atoms with Gasteiger partial charge in [0.1, 0.15) is 17.6 Å². The van der Waals surface area contributed by atoms with Gasteiger partial charge in [-0.3, -0.25) is 4.79 Å². The summed E-state index contributed by atoms with van der Waals surface area (Å²) in [5, 5.41) is 8.60. The van der Waals surface area contributed by atoms with Gasteiger partial charge in [0, 0.05) is 11.8 Å². The lowest BCUT2D eigenvalue weighted by atomic mass is 10.1. The van der Waals surface area contributed by atoms with Gasteiger partial charge in [0.15, 0.2) is 0 Å². The van der Waals surface area contributed by atoms with E-state index in [4.69, 9.17) is 5.26 Å². The van der Waals surface area contributed by atoms with E-state index < -0.39 is 11.8 Å². The van der Waals surface area contributed by atoms with Gasteiger partial charge >= 0.3 is 5.97 Å². The van der Waals surface area contributed by atoms with Crippen molar-refractivity contribution >= 4 is 5.97 Å². The molecule has 0 atom stereocenters. The van der Waals surface area contributed by atoms with Crippen LogP contribution in [0.2, 0.25) is 0 Å². The number of rotatable bonds is 2. The maximum atomic E-state index is 13.1. The Morgan fingerprint density at radius 1 is 1.79 bits per heavy atom. The molecule has 1 rings (SSSR count). The Bertz CT molecular complexity index is 398. The van der Waals surface area contributed by atoms with Crippen LogP contribution in [0.3, 0.4) is 0 Å². The first-order valence-corrected chi connectivity index (χ1v) is 3.79. The molecule has 0 aliphatic heterocycles. The molecule has 0 saturated carbocycles. The van der Waals surface area contributed by atoms with Crippen LogP contribution in [0.5, 0.6) is 0 Å². The summed E-state index contributed by atoms with van der Waals surface area (Å²) in [5.74, 6) is -1.23. The van der Waals surface area contributed by atoms with Crippen molar-refractivity contribution < 1.29 is 13.9 Å². The third-order valence-corrected chi connectivity index (χ3v) is 1.65. The number of aromatic nitrogens is 1. The topological polar surface area (TPSA) is 63.0 Å². The van der Waals surface area contributed by atoms with Crippen LogP contribution in [-0.4, -0.2) is 18.1 Å². The van der Waals surface area contributed by atoms with E-state index in [2.05, 4.69) is 9.72 Å². The number of nitrogens with zero attached hydrogens (tertiary/aromatic N) is 2. The molecule has 0 radical (unpaired) electrons. The number of ether oxygens (including phenoxy) is 1. The molecular formula is C9H7FN2O2. The minimum Gasteiger partial charge on any atom is -0.469 e. The Morgan fingerprint density at radius 3 is 3.07 bits per heavy atom. The number of nitriles is 1. The molecule has 0 amide bonds. The molecule has 1 heterocycles. The lowest BCUT2D eigenvalue weighted by Gasteiger charge is -2.02. The number of carbonyl (C=O) groups is 1. The third kappa shape index (κ3) is 2.04. The molecular weight excluding hydrogens is 187 g/mol. The summed E-state index contributed by atoms with van der Waals surface area (Å²) in [6, 6.07) is 2.80. The van der Waals surface area contributed by atoms with Crippen molar-refractivity contribution in [2.45, 2.75) is 6.42 Å². The number of methoxy groups -OCH3 is 1. The third-order valence-electron chi connectivity index (χ3n) is 1.65. The SMILES string of the molecule is COC(=O)Cc1c(F)ccnc1C#N. The smallest absolute Gasteiger partial charge is 0.310 e. The predicted molar refractivity (Wildman–Crippen MR) is 44.6 cm³/mol. The summed E-state index contributed by atoms with van der Waals surface area (Å²) >= 11 is 0. The Labute approximate surface area is 79.9 Å². The highest BCUT2D eigenvalue weighted by molar-refractivity contribution is 5.73. The molecule has 0 fully saturated rings. The Morgan fingerprint density at radius 2 is 2.50 bits per heavy atom. The monoisotopic (exact) mass is 194 g/mol. The first-order chi connectivity index (χ1) is 6.69. The predicted octanol–water partition coefficient (Wildman–Crippen LogP) is 0.808. The average molecular weight is 194 g/mol. The molecule has 0 aromatic carbocycles. The van der Waals surface area contributed by atoms with E-state index in [1.54, 1.807) is 6.07 Å². The van der Waals surface area contributed by atoms with Crippen molar-refractivity contribution in [1.82, 2.24) is 4.98 Å². The quantitative estimate of drug-likeness (QED) is 0.653. The van der Waals surface area contributed by atoms with Gasteiger partial charge in [-0.1, -0.05) is 0 Å². The van der Waals surface area contributed by atoms with Crippen molar-refractivity contribution in [3.63, 3.8) is 0 Å². The maximum absolute atomic E-state index is 13.1. The van der Waals surface area contributed by atoms with Crippen LogP contribution in [0.15, 0.2) is 12.3 Å². The summed E-state index contributed by atoms with van der Waals surface area (Å²) < 4.78 is 17.5. The molecule has 4 nitrogen and oxygen atoms in total. The van der Waals surface area contributed by atoms with Crippen LogP contribution in [0, 0.1) is 17.1 Å². The van der Waals surface area contributed by atoms with Gasteiger partial charge in [-0.25, -0.2) is 9.37 Å². The van der Waals surface area contributed by atoms with Crippen LogP contribution in [-0.2, 0) is 16.0 Å². The second kappa shape index (κ2) is 4.33. The van der Waals surface area contributed by atoms with E-state index >= 15 is 0 Å². The molecule has 14 heavy (non-hydrogen) atoms. The zero-order valence-corrected chi connectivity index (χ0v) is 7.45. The first kappa shape index (κ1) is 10.1. The van der Waals surface area contributed by atoms with Crippen molar-refractivity contribution in [2.24, 2.45) is 0 Å². The molecule has 1 aromatic heterocycles. The molecule has 5 heteroatoms. The Balaban J connectivity index is 3.06. The van der Waals surface area contributed by atoms with Crippen LogP contribution in [0.1, 0.15) is 11.3 Å². The minimum absolute atomic E-state index is 0.0261. The summed E-state index contributed by atoms with van der Waals surface area (Å²) in [7, 11) is 1.20.